The molecule has 0 unspecified atom stereocenters. The average Bonchev–Trinajstić information content (AvgIpc) is 3.66. The second-order valence-corrected chi connectivity index (χ2v) is 16.7. The summed E-state index contributed by atoms with van der Waals surface area (Å²) in [7, 11) is 1.67. The fourth-order valence-corrected chi connectivity index (χ4v) is 7.83. The molecule has 2 aromatic carbocycles. The number of aryl methyl sites for hydroxylation is 1. The average molecular weight is 731 g/mol. The summed E-state index contributed by atoms with van der Waals surface area (Å²) in [5.41, 5.74) is 11.5. The fraction of sp³-hybridized carbons (Fsp3) is 0.500. The van der Waals surface area contributed by atoms with Crippen molar-refractivity contribution in [2.45, 2.75) is 92.0 Å². The molecular formula is C38H47ClN8O5. The summed E-state index contributed by atoms with van der Waals surface area (Å²) >= 11 is 7.24. The van der Waals surface area contributed by atoms with E-state index >= 15 is 0 Å². The zero-order chi connectivity index (χ0) is 37.5. The molecule has 1 amide bonds. The van der Waals surface area contributed by atoms with Gasteiger partial charge in [0.1, 0.15) is 16.9 Å². The molecule has 1 aliphatic carbocycles. The Morgan fingerprint density at radius 3 is 2.29 bits per heavy atom. The predicted molar refractivity (Wildman–Crippen MR) is 201 cm³/mol. The van der Waals surface area contributed by atoms with Crippen LogP contribution >= 0.6 is 11.6 Å². The van der Waals surface area contributed by atoms with E-state index in [9.17, 15) is 9.59 Å². The number of benzene rings is 2. The number of amides is 1. The number of aromatic nitrogens is 6. The molecule has 52 heavy (non-hydrogen) atoms. The predicted octanol–water partition coefficient (Wildman–Crippen LogP) is 7.77. The van der Waals surface area contributed by atoms with Gasteiger partial charge in [-0.15, -0.1) is 5.10 Å². The van der Waals surface area contributed by atoms with Gasteiger partial charge in [-0.25, -0.2) is 9.59 Å². The standard InChI is InChI=1S/C38H47ClN8O5/c1-21-14-27-29(33(40)43-47(27)35(49)52-37(6,7)8)30(31(21)39)28-22(2)46(25-16-38(17-25)19-44(20-38)34(48)51-36(3,4)5)42-32(28)23-10-11-26-24(15-23)18-45(41-26)12-13-50-9/h10-11,14-15,18,25H,12-13,16-17,19-20H2,1-9H3,(H2,40,43). The number of likely N-dealkylation sites (tertiary alicyclic amines) is 1. The number of carbonyl (C=O) groups is 2. The number of rotatable bonds is 6. The summed E-state index contributed by atoms with van der Waals surface area (Å²) < 4.78 is 21.8. The molecule has 4 heterocycles. The van der Waals surface area contributed by atoms with Gasteiger partial charge < -0.3 is 24.8 Å². The highest BCUT2D eigenvalue weighted by molar-refractivity contribution is 6.36. The normalized spacial score (nSPS) is 16.1. The van der Waals surface area contributed by atoms with Crippen LogP contribution in [0.3, 0.4) is 0 Å². The first kappa shape index (κ1) is 35.8. The lowest BCUT2D eigenvalue weighted by atomic mass is 9.61. The molecule has 0 atom stereocenters. The summed E-state index contributed by atoms with van der Waals surface area (Å²) in [6, 6.07) is 8.02. The Hall–Kier alpha value is -4.62. The van der Waals surface area contributed by atoms with E-state index in [2.05, 4.69) is 15.8 Å². The van der Waals surface area contributed by atoms with Crippen LogP contribution in [0.1, 0.15) is 71.7 Å². The minimum absolute atomic E-state index is 0.0310. The van der Waals surface area contributed by atoms with Gasteiger partial charge in [0, 0.05) is 59.6 Å². The minimum Gasteiger partial charge on any atom is -0.444 e. The maximum Gasteiger partial charge on any atom is 0.435 e. The van der Waals surface area contributed by atoms with Crippen LogP contribution < -0.4 is 5.73 Å². The molecule has 0 bridgehead atoms. The molecule has 3 aromatic heterocycles. The van der Waals surface area contributed by atoms with Gasteiger partial charge in [0.2, 0.25) is 0 Å². The first-order valence-electron chi connectivity index (χ1n) is 17.6. The first-order valence-corrected chi connectivity index (χ1v) is 18.0. The molecule has 5 aromatic rings. The summed E-state index contributed by atoms with van der Waals surface area (Å²) in [5.74, 6) is 0.157. The van der Waals surface area contributed by atoms with E-state index in [1.165, 1.54) is 4.68 Å². The first-order chi connectivity index (χ1) is 24.4. The molecule has 1 saturated carbocycles. The van der Waals surface area contributed by atoms with E-state index in [4.69, 9.17) is 41.7 Å². The number of nitrogen functional groups attached to an aromatic ring is 1. The van der Waals surface area contributed by atoms with Crippen LogP contribution in [0.2, 0.25) is 5.02 Å². The third-order valence-corrected chi connectivity index (χ3v) is 10.3. The zero-order valence-corrected chi connectivity index (χ0v) is 32.1. The second-order valence-electron chi connectivity index (χ2n) is 16.4. The number of anilines is 1. The van der Waals surface area contributed by atoms with Crippen molar-refractivity contribution in [3.63, 3.8) is 0 Å². The zero-order valence-electron chi connectivity index (χ0n) is 31.3. The number of fused-ring (bicyclic) bond motifs is 2. The molecule has 13 nitrogen and oxygen atoms in total. The van der Waals surface area contributed by atoms with Gasteiger partial charge in [-0.05, 0) is 92.0 Å². The van der Waals surface area contributed by atoms with Crippen LogP contribution in [0.5, 0.6) is 0 Å². The van der Waals surface area contributed by atoms with Gasteiger partial charge in [-0.1, -0.05) is 17.7 Å². The molecule has 276 valence electrons. The number of nitrogens with two attached hydrogens (primary N) is 1. The maximum atomic E-state index is 13.4. The van der Waals surface area contributed by atoms with Gasteiger partial charge in [-0.3, -0.25) is 9.36 Å². The summed E-state index contributed by atoms with van der Waals surface area (Å²) in [5, 5.41) is 16.5. The molecule has 0 radical (unpaired) electrons. The fourth-order valence-electron chi connectivity index (χ4n) is 7.58. The van der Waals surface area contributed by atoms with Gasteiger partial charge >= 0.3 is 12.2 Å². The van der Waals surface area contributed by atoms with Gasteiger partial charge in [0.05, 0.1) is 40.6 Å². The lowest BCUT2D eigenvalue weighted by molar-refractivity contribution is -0.0930. The van der Waals surface area contributed by atoms with Crippen molar-refractivity contribution in [2.24, 2.45) is 5.41 Å². The lowest BCUT2D eigenvalue weighted by Gasteiger charge is -2.58. The number of carbonyl (C=O) groups excluding carboxylic acids is 2. The Labute approximate surface area is 307 Å². The molecular weight excluding hydrogens is 684 g/mol. The molecule has 2 aliphatic rings. The summed E-state index contributed by atoms with van der Waals surface area (Å²) in [6.45, 7) is 17.5. The quantitative estimate of drug-likeness (QED) is 0.185. The van der Waals surface area contributed by atoms with Crippen LogP contribution in [-0.2, 0) is 20.8 Å². The molecule has 2 fully saturated rings. The number of nitrogens with zero attached hydrogens (tertiary/aromatic N) is 7. The highest BCUT2D eigenvalue weighted by atomic mass is 35.5. The molecule has 1 spiro atoms. The van der Waals surface area contributed by atoms with Crippen LogP contribution in [-0.4, -0.2) is 84.4 Å². The summed E-state index contributed by atoms with van der Waals surface area (Å²) in [4.78, 5) is 27.9. The van der Waals surface area contributed by atoms with Crippen molar-refractivity contribution in [1.29, 1.82) is 0 Å². The van der Waals surface area contributed by atoms with Crippen LogP contribution in [0, 0.1) is 19.3 Å². The van der Waals surface area contributed by atoms with E-state index < -0.39 is 17.3 Å². The number of methoxy groups -OCH3 is 1. The van der Waals surface area contributed by atoms with Gasteiger partial charge in [0.25, 0.3) is 0 Å². The monoisotopic (exact) mass is 730 g/mol. The van der Waals surface area contributed by atoms with Crippen molar-refractivity contribution in [3.05, 3.63) is 46.7 Å². The van der Waals surface area contributed by atoms with E-state index in [1.807, 2.05) is 63.7 Å². The van der Waals surface area contributed by atoms with Crippen molar-refractivity contribution in [2.75, 3.05) is 32.5 Å². The Kier molecular flexibility index (Phi) is 8.60. The SMILES string of the molecule is COCCn1cc2cc(-c3nn(C4CC5(C4)CN(C(=O)OC(C)(C)C)C5)c(C)c3-c3c(Cl)c(C)cc4c3c(N)nn4C(=O)OC(C)(C)C)ccc2n1. The largest absolute Gasteiger partial charge is 0.444 e. The molecule has 1 aliphatic heterocycles. The Balaban J connectivity index is 1.33. The second kappa shape index (κ2) is 12.5. The van der Waals surface area contributed by atoms with E-state index in [0.717, 1.165) is 51.8 Å². The van der Waals surface area contributed by atoms with Crippen LogP contribution in [0.25, 0.3) is 44.2 Å². The maximum absolute atomic E-state index is 13.4. The number of hydrogen-bond donors (Lipinski definition) is 1. The lowest BCUT2D eigenvalue weighted by Crippen LogP contribution is -2.64. The van der Waals surface area contributed by atoms with Gasteiger partial charge in [0.15, 0.2) is 5.82 Å². The smallest absolute Gasteiger partial charge is 0.435 e. The number of halogens is 1. The molecule has 1 saturated heterocycles. The number of hydrogen-bond acceptors (Lipinski definition) is 9. The van der Waals surface area contributed by atoms with E-state index in [1.54, 1.807) is 32.8 Å². The summed E-state index contributed by atoms with van der Waals surface area (Å²) in [6.07, 6.45) is 2.84. The van der Waals surface area contributed by atoms with E-state index in [-0.39, 0.29) is 23.4 Å². The van der Waals surface area contributed by atoms with Crippen molar-refractivity contribution < 1.29 is 23.8 Å². The molecule has 7 rings (SSSR count). The number of ether oxygens (including phenoxy) is 3. The van der Waals surface area contributed by atoms with Crippen molar-refractivity contribution >= 4 is 51.4 Å². The topological polar surface area (TPSA) is 145 Å². The van der Waals surface area contributed by atoms with Crippen LogP contribution in [0.4, 0.5) is 15.4 Å². The molecule has 2 N–H and O–H groups in total. The van der Waals surface area contributed by atoms with Gasteiger partial charge in [-0.2, -0.15) is 14.9 Å². The highest BCUT2D eigenvalue weighted by Gasteiger charge is 2.55. The Bertz CT molecular complexity index is 2220. The van der Waals surface area contributed by atoms with Crippen molar-refractivity contribution in [1.82, 2.24) is 34.2 Å². The van der Waals surface area contributed by atoms with Crippen LogP contribution in [0.15, 0.2) is 30.5 Å². The van der Waals surface area contributed by atoms with E-state index in [0.29, 0.717) is 47.7 Å². The van der Waals surface area contributed by atoms with Crippen molar-refractivity contribution in [3.8, 4) is 22.4 Å². The third kappa shape index (κ3) is 6.38. The Morgan fingerprint density at radius 2 is 1.63 bits per heavy atom. The highest BCUT2D eigenvalue weighted by Crippen LogP contribution is 2.56. The minimum atomic E-state index is -0.736. The molecule has 14 heteroatoms. The Morgan fingerprint density at radius 1 is 0.962 bits per heavy atom. The third-order valence-electron chi connectivity index (χ3n) is 9.82.